The number of hydrogen-bond acceptors (Lipinski definition) is 6. The first-order valence-electron chi connectivity index (χ1n) is 7.68. The Morgan fingerprint density at radius 3 is 2.56 bits per heavy atom. The van der Waals surface area contributed by atoms with E-state index >= 15 is 0 Å². The van der Waals surface area contributed by atoms with Crippen molar-refractivity contribution in [1.82, 2.24) is 9.58 Å². The van der Waals surface area contributed by atoms with Gasteiger partial charge in [-0.1, -0.05) is 0 Å². The van der Waals surface area contributed by atoms with Crippen LogP contribution in [-0.4, -0.2) is 64.5 Å². The second-order valence-electron chi connectivity index (χ2n) is 5.93. The number of carbonyl (C=O) groups excluding carboxylic acids is 2. The van der Waals surface area contributed by atoms with Crippen molar-refractivity contribution >= 4 is 17.8 Å². The number of aromatic hydroxyl groups is 1. The lowest BCUT2D eigenvalue weighted by atomic mass is 10.2. The maximum atomic E-state index is 12.6. The quantitative estimate of drug-likeness (QED) is 0.709. The first-order chi connectivity index (χ1) is 11.9. The van der Waals surface area contributed by atoms with Gasteiger partial charge in [0, 0.05) is 25.8 Å². The smallest absolute Gasteiger partial charge is 0.341 e. The molecule has 0 radical (unpaired) electrons. The van der Waals surface area contributed by atoms with Crippen molar-refractivity contribution in [2.75, 3.05) is 31.9 Å². The third kappa shape index (κ3) is 2.84. The van der Waals surface area contributed by atoms with Crippen molar-refractivity contribution in [3.63, 3.8) is 0 Å². The highest BCUT2D eigenvalue weighted by molar-refractivity contribution is 6.01. The number of pyridine rings is 1. The summed E-state index contributed by atoms with van der Waals surface area (Å²) in [4.78, 5) is 49.7. The maximum absolute atomic E-state index is 12.6. The molecule has 0 aromatic carbocycles. The number of rotatable bonds is 5. The molecule has 0 spiro atoms. The van der Waals surface area contributed by atoms with E-state index in [0.29, 0.717) is 12.8 Å². The number of nitrogens with zero attached hydrogens (tertiary/aromatic N) is 3. The van der Waals surface area contributed by atoms with Crippen LogP contribution >= 0.6 is 0 Å². The van der Waals surface area contributed by atoms with Gasteiger partial charge in [0.1, 0.15) is 12.2 Å². The van der Waals surface area contributed by atoms with Crippen molar-refractivity contribution in [1.29, 1.82) is 0 Å². The van der Waals surface area contributed by atoms with E-state index in [4.69, 9.17) is 9.84 Å². The van der Waals surface area contributed by atoms with E-state index < -0.39 is 34.3 Å². The van der Waals surface area contributed by atoms with Crippen LogP contribution in [0.2, 0.25) is 0 Å². The molecule has 0 unspecified atom stereocenters. The SMILES string of the molecule is COCCN1CN(C(=O)C2CC2)n2cc(C(=O)O)c(=O)c(O)c2C1=O. The molecule has 25 heavy (non-hydrogen) atoms. The summed E-state index contributed by atoms with van der Waals surface area (Å²) in [5.74, 6) is -3.72. The van der Waals surface area contributed by atoms with Crippen molar-refractivity contribution in [2.24, 2.45) is 5.92 Å². The van der Waals surface area contributed by atoms with E-state index in [1.807, 2.05) is 0 Å². The topological polar surface area (TPSA) is 129 Å². The van der Waals surface area contributed by atoms with E-state index in [2.05, 4.69) is 0 Å². The Labute approximate surface area is 141 Å². The molecule has 3 rings (SSSR count). The highest BCUT2D eigenvalue weighted by Crippen LogP contribution is 2.32. The standard InChI is InChI=1S/C15H17N3O7/c1-25-5-4-16-7-18(13(21)8-2-3-8)17-6-9(15(23)24)11(19)12(20)10(17)14(16)22/h6,8,20H,2-5,7H2,1H3,(H,23,24). The number of aromatic carboxylic acids is 1. The summed E-state index contributed by atoms with van der Waals surface area (Å²) in [5.41, 5.74) is -2.31. The summed E-state index contributed by atoms with van der Waals surface area (Å²) < 4.78 is 5.91. The minimum Gasteiger partial charge on any atom is -0.502 e. The summed E-state index contributed by atoms with van der Waals surface area (Å²) in [6.07, 6.45) is 2.31. The average molecular weight is 351 g/mol. The number of methoxy groups -OCH3 is 1. The molecule has 1 aliphatic carbocycles. The maximum Gasteiger partial charge on any atom is 0.341 e. The van der Waals surface area contributed by atoms with Gasteiger partial charge in [0.05, 0.1) is 6.61 Å². The Hall–Kier alpha value is -2.88. The minimum absolute atomic E-state index is 0.119. The van der Waals surface area contributed by atoms with Crippen molar-refractivity contribution in [2.45, 2.75) is 12.8 Å². The highest BCUT2D eigenvalue weighted by atomic mass is 16.5. The van der Waals surface area contributed by atoms with E-state index in [1.165, 1.54) is 17.0 Å². The van der Waals surface area contributed by atoms with Crippen molar-refractivity contribution < 1.29 is 29.3 Å². The Kier molecular flexibility index (Phi) is 4.21. The fourth-order valence-electron chi connectivity index (χ4n) is 2.67. The van der Waals surface area contributed by atoms with Gasteiger partial charge in [-0.05, 0) is 12.8 Å². The van der Waals surface area contributed by atoms with Crippen LogP contribution in [-0.2, 0) is 9.53 Å². The molecule has 0 atom stereocenters. The van der Waals surface area contributed by atoms with Gasteiger partial charge in [0.15, 0.2) is 11.4 Å². The zero-order valence-electron chi connectivity index (χ0n) is 13.5. The molecule has 2 N–H and O–H groups in total. The van der Waals surface area contributed by atoms with Crippen LogP contribution < -0.4 is 10.4 Å². The number of hydrogen-bond donors (Lipinski definition) is 2. The van der Waals surface area contributed by atoms with Crippen LogP contribution in [0.3, 0.4) is 0 Å². The lowest BCUT2D eigenvalue weighted by Crippen LogP contribution is -2.57. The fraction of sp³-hybridized carbons (Fsp3) is 0.467. The van der Waals surface area contributed by atoms with Crippen LogP contribution in [0.4, 0.5) is 0 Å². The molecular formula is C15H17N3O7. The van der Waals surface area contributed by atoms with Gasteiger partial charge in [0.2, 0.25) is 11.3 Å². The summed E-state index contributed by atoms with van der Waals surface area (Å²) in [6.45, 7) is 0.236. The molecule has 1 fully saturated rings. The minimum atomic E-state index is -1.55. The van der Waals surface area contributed by atoms with Gasteiger partial charge in [-0.15, -0.1) is 0 Å². The number of carboxylic acid groups (broad SMARTS) is 1. The van der Waals surface area contributed by atoms with E-state index in [0.717, 1.165) is 10.9 Å². The molecule has 134 valence electrons. The first kappa shape index (κ1) is 17.0. The van der Waals surface area contributed by atoms with Crippen LogP contribution in [0.1, 0.15) is 33.7 Å². The fourth-order valence-corrected chi connectivity index (χ4v) is 2.67. The molecule has 1 aromatic heterocycles. The van der Waals surface area contributed by atoms with E-state index in [-0.39, 0.29) is 31.6 Å². The van der Waals surface area contributed by atoms with Crippen molar-refractivity contribution in [3.05, 3.63) is 27.7 Å². The Morgan fingerprint density at radius 1 is 1.32 bits per heavy atom. The molecule has 10 heteroatoms. The molecule has 10 nitrogen and oxygen atoms in total. The highest BCUT2D eigenvalue weighted by Gasteiger charge is 2.41. The van der Waals surface area contributed by atoms with E-state index in [1.54, 1.807) is 0 Å². The van der Waals surface area contributed by atoms with Gasteiger partial charge in [-0.25, -0.2) is 14.5 Å². The predicted octanol–water partition coefficient (Wildman–Crippen LogP) is -0.814. The molecule has 0 saturated heterocycles. The lowest BCUT2D eigenvalue weighted by molar-refractivity contribution is -0.122. The number of carbonyl (C=O) groups is 3. The lowest BCUT2D eigenvalue weighted by Gasteiger charge is -2.38. The van der Waals surface area contributed by atoms with Gasteiger partial charge in [0.25, 0.3) is 5.91 Å². The zero-order chi connectivity index (χ0) is 18.3. The van der Waals surface area contributed by atoms with Gasteiger partial charge < -0.3 is 19.8 Å². The third-order valence-electron chi connectivity index (χ3n) is 4.20. The Morgan fingerprint density at radius 2 is 2.00 bits per heavy atom. The molecular weight excluding hydrogens is 334 g/mol. The van der Waals surface area contributed by atoms with Crippen LogP contribution in [0, 0.1) is 5.92 Å². The van der Waals surface area contributed by atoms with Gasteiger partial charge in [-0.3, -0.25) is 14.4 Å². The molecule has 2 heterocycles. The van der Waals surface area contributed by atoms with Gasteiger partial charge >= 0.3 is 5.97 Å². The molecule has 1 aliphatic heterocycles. The number of ether oxygens (including phenoxy) is 1. The summed E-state index contributed by atoms with van der Waals surface area (Å²) in [7, 11) is 1.45. The van der Waals surface area contributed by atoms with Crippen molar-refractivity contribution in [3.8, 4) is 5.75 Å². The van der Waals surface area contributed by atoms with E-state index in [9.17, 15) is 24.3 Å². The Bertz CT molecular complexity index is 812. The summed E-state index contributed by atoms with van der Waals surface area (Å²) in [5, 5.41) is 20.4. The van der Waals surface area contributed by atoms with Crippen LogP contribution in [0.5, 0.6) is 5.75 Å². The summed E-state index contributed by atoms with van der Waals surface area (Å²) >= 11 is 0. The normalized spacial score (nSPS) is 16.8. The molecule has 1 saturated carbocycles. The number of carboxylic acids is 1. The molecule has 2 aliphatic rings. The number of amides is 2. The second kappa shape index (κ2) is 6.20. The first-order valence-corrected chi connectivity index (χ1v) is 7.68. The largest absolute Gasteiger partial charge is 0.502 e. The average Bonchev–Trinajstić information content (AvgIpc) is 3.41. The van der Waals surface area contributed by atoms with Crippen LogP contribution in [0.15, 0.2) is 11.0 Å². The molecule has 0 bridgehead atoms. The van der Waals surface area contributed by atoms with Gasteiger partial charge in [-0.2, -0.15) is 0 Å². The Balaban J connectivity index is 2.14. The van der Waals surface area contributed by atoms with Crippen LogP contribution in [0.25, 0.3) is 0 Å². The third-order valence-corrected chi connectivity index (χ3v) is 4.20. The predicted molar refractivity (Wildman–Crippen MR) is 83.1 cm³/mol. The number of fused-ring (bicyclic) bond motifs is 1. The second-order valence-corrected chi connectivity index (χ2v) is 5.93. The monoisotopic (exact) mass is 351 g/mol. The zero-order valence-corrected chi connectivity index (χ0v) is 13.5. The number of aromatic nitrogens is 1. The molecule has 2 amide bonds. The molecule has 1 aromatic rings. The summed E-state index contributed by atoms with van der Waals surface area (Å²) in [6, 6.07) is 0.